The second-order valence-corrected chi connectivity index (χ2v) is 12.4. The molecule has 1 aromatic carbocycles. The Hall–Kier alpha value is -1.88. The lowest BCUT2D eigenvalue weighted by Crippen LogP contribution is -2.30. The fourth-order valence-electron chi connectivity index (χ4n) is 7.08. The van der Waals surface area contributed by atoms with Crippen molar-refractivity contribution in [1.82, 2.24) is 4.98 Å². The Bertz CT molecular complexity index is 1080. The number of fused-ring (bicyclic) bond motifs is 1. The average Bonchev–Trinajstić information content (AvgIpc) is 3.37. The van der Waals surface area contributed by atoms with Gasteiger partial charge in [0.15, 0.2) is 6.17 Å². The normalized spacial score (nSPS) is 24.0. The lowest BCUT2D eigenvalue weighted by atomic mass is 9.69. The summed E-state index contributed by atoms with van der Waals surface area (Å²) in [5, 5.41) is 11.4. The largest absolute Gasteiger partial charge is 0.388 e. The van der Waals surface area contributed by atoms with Crippen molar-refractivity contribution < 1.29 is 18.3 Å². The second kappa shape index (κ2) is 9.78. The summed E-state index contributed by atoms with van der Waals surface area (Å²) in [6.45, 7) is 5.21. The Morgan fingerprint density at radius 3 is 2.11 bits per heavy atom. The Morgan fingerprint density at radius 2 is 1.50 bits per heavy atom. The van der Waals surface area contributed by atoms with E-state index in [1.807, 2.05) is 0 Å². The summed E-state index contributed by atoms with van der Waals surface area (Å²) >= 11 is 0. The first-order chi connectivity index (χ1) is 17.0. The lowest BCUT2D eigenvalue weighted by molar-refractivity contribution is 0.0174. The van der Waals surface area contributed by atoms with Crippen LogP contribution in [0.5, 0.6) is 0 Å². The molecule has 1 N–H and O–H groups in total. The standard InChI is InChI=1S/C31H40F3NO/c1-30(2)17-23-26(24(36)18-30)25(19-9-5-4-6-10-19)27(29(35-23)21-11-7-8-12-21)28(32)20-13-15-22(16-14-20)31(3,33)34/h13-16,19,21,24,28,36H,4-12,17-18H2,1-3H3. The van der Waals surface area contributed by atoms with E-state index in [1.54, 1.807) is 0 Å². The highest BCUT2D eigenvalue weighted by Gasteiger charge is 2.40. The third-order valence-electron chi connectivity index (χ3n) is 8.87. The van der Waals surface area contributed by atoms with Crippen LogP contribution in [0, 0.1) is 5.41 Å². The number of halogens is 3. The number of benzene rings is 1. The first-order valence-electron chi connectivity index (χ1n) is 13.9. The molecule has 36 heavy (non-hydrogen) atoms. The highest BCUT2D eigenvalue weighted by Crippen LogP contribution is 2.51. The van der Waals surface area contributed by atoms with Gasteiger partial charge in [-0.05, 0) is 61.0 Å². The molecule has 196 valence electrons. The number of hydrogen-bond donors (Lipinski definition) is 1. The minimum absolute atomic E-state index is 0.0615. The van der Waals surface area contributed by atoms with Gasteiger partial charge in [0, 0.05) is 35.2 Å². The van der Waals surface area contributed by atoms with Crippen molar-refractivity contribution in [3.8, 4) is 0 Å². The summed E-state index contributed by atoms with van der Waals surface area (Å²) in [6.07, 6.45) is 8.97. The number of nitrogens with zero attached hydrogens (tertiary/aromatic N) is 1. The summed E-state index contributed by atoms with van der Waals surface area (Å²) in [6, 6.07) is 5.72. The Morgan fingerprint density at radius 1 is 0.917 bits per heavy atom. The number of aromatic nitrogens is 1. The topological polar surface area (TPSA) is 33.1 Å². The van der Waals surface area contributed by atoms with E-state index < -0.39 is 18.2 Å². The zero-order valence-corrected chi connectivity index (χ0v) is 21.9. The first-order valence-corrected chi connectivity index (χ1v) is 13.9. The van der Waals surface area contributed by atoms with Gasteiger partial charge in [-0.1, -0.05) is 70.2 Å². The molecule has 0 spiro atoms. The molecule has 3 aliphatic carbocycles. The summed E-state index contributed by atoms with van der Waals surface area (Å²) < 4.78 is 44.5. The average molecular weight is 500 g/mol. The van der Waals surface area contributed by atoms with Crippen LogP contribution in [0.15, 0.2) is 24.3 Å². The second-order valence-electron chi connectivity index (χ2n) is 12.4. The van der Waals surface area contributed by atoms with Gasteiger partial charge in [-0.25, -0.2) is 13.2 Å². The van der Waals surface area contributed by atoms with Crippen molar-refractivity contribution >= 4 is 0 Å². The van der Waals surface area contributed by atoms with Gasteiger partial charge in [0.2, 0.25) is 0 Å². The molecule has 0 saturated heterocycles. The van der Waals surface area contributed by atoms with Crippen LogP contribution >= 0.6 is 0 Å². The lowest BCUT2D eigenvalue weighted by Gasteiger charge is -2.39. The van der Waals surface area contributed by atoms with Crippen molar-refractivity contribution in [2.24, 2.45) is 5.41 Å². The van der Waals surface area contributed by atoms with E-state index in [0.717, 1.165) is 87.2 Å². The third kappa shape index (κ3) is 4.97. The van der Waals surface area contributed by atoms with E-state index >= 15 is 4.39 Å². The number of alkyl halides is 3. The van der Waals surface area contributed by atoms with Crippen molar-refractivity contribution in [2.75, 3.05) is 0 Å². The summed E-state index contributed by atoms with van der Waals surface area (Å²) in [5.74, 6) is -2.54. The zero-order chi connectivity index (χ0) is 25.7. The van der Waals surface area contributed by atoms with Gasteiger partial charge in [0.05, 0.1) is 11.8 Å². The van der Waals surface area contributed by atoms with Crippen LogP contribution in [0.3, 0.4) is 0 Å². The van der Waals surface area contributed by atoms with E-state index in [2.05, 4.69) is 13.8 Å². The molecule has 2 fully saturated rings. The van der Waals surface area contributed by atoms with Crippen LogP contribution in [0.2, 0.25) is 0 Å². The minimum atomic E-state index is -2.96. The van der Waals surface area contributed by atoms with Crippen LogP contribution < -0.4 is 0 Å². The van der Waals surface area contributed by atoms with Crippen LogP contribution in [0.1, 0.15) is 148 Å². The molecular formula is C31H40F3NO. The van der Waals surface area contributed by atoms with Gasteiger partial charge in [0.25, 0.3) is 5.92 Å². The molecule has 1 aromatic heterocycles. The molecule has 2 unspecified atom stereocenters. The number of hydrogen-bond acceptors (Lipinski definition) is 2. The zero-order valence-electron chi connectivity index (χ0n) is 21.9. The highest BCUT2D eigenvalue weighted by molar-refractivity contribution is 5.51. The summed E-state index contributed by atoms with van der Waals surface area (Å²) in [4.78, 5) is 5.18. The number of pyridine rings is 1. The smallest absolute Gasteiger partial charge is 0.270 e. The molecule has 5 heteroatoms. The predicted octanol–water partition coefficient (Wildman–Crippen LogP) is 8.96. The predicted molar refractivity (Wildman–Crippen MR) is 137 cm³/mol. The molecule has 3 aliphatic rings. The molecule has 0 radical (unpaired) electrons. The maximum atomic E-state index is 16.8. The van der Waals surface area contributed by atoms with Gasteiger partial charge in [-0.15, -0.1) is 0 Å². The SMILES string of the molecule is CC1(C)Cc2nc(C3CCCC3)c(C(F)c3ccc(C(C)(F)F)cc3)c(C3CCCCC3)c2C(O)C1. The van der Waals surface area contributed by atoms with Gasteiger partial charge < -0.3 is 5.11 Å². The van der Waals surface area contributed by atoms with Crippen molar-refractivity contribution in [3.63, 3.8) is 0 Å². The fourth-order valence-corrected chi connectivity index (χ4v) is 7.08. The molecule has 1 heterocycles. The van der Waals surface area contributed by atoms with Crippen molar-refractivity contribution in [2.45, 2.75) is 121 Å². The Balaban J connectivity index is 1.71. The van der Waals surface area contributed by atoms with Crippen LogP contribution in [-0.4, -0.2) is 10.1 Å². The molecule has 2 aromatic rings. The monoisotopic (exact) mass is 499 g/mol. The van der Waals surface area contributed by atoms with E-state index in [4.69, 9.17) is 4.98 Å². The molecule has 5 rings (SSSR count). The highest BCUT2D eigenvalue weighted by atomic mass is 19.3. The third-order valence-corrected chi connectivity index (χ3v) is 8.87. The summed E-state index contributed by atoms with van der Waals surface area (Å²) in [7, 11) is 0. The van der Waals surface area contributed by atoms with Crippen LogP contribution in [-0.2, 0) is 12.3 Å². The molecule has 0 aliphatic heterocycles. The molecule has 0 amide bonds. The number of rotatable bonds is 5. The minimum Gasteiger partial charge on any atom is -0.388 e. The molecule has 0 bridgehead atoms. The van der Waals surface area contributed by atoms with Crippen molar-refractivity contribution in [1.29, 1.82) is 0 Å². The molecular weight excluding hydrogens is 459 g/mol. The van der Waals surface area contributed by atoms with E-state index in [1.165, 1.54) is 30.7 Å². The Labute approximate surface area is 213 Å². The van der Waals surface area contributed by atoms with Crippen LogP contribution in [0.4, 0.5) is 13.2 Å². The fraction of sp³-hybridized carbons (Fsp3) is 0.645. The van der Waals surface area contributed by atoms with Gasteiger partial charge in [0.1, 0.15) is 0 Å². The molecule has 2 nitrogen and oxygen atoms in total. The molecule has 2 saturated carbocycles. The number of aliphatic hydroxyl groups is 1. The van der Waals surface area contributed by atoms with E-state index in [0.29, 0.717) is 17.5 Å². The van der Waals surface area contributed by atoms with Gasteiger partial charge in [-0.3, -0.25) is 4.98 Å². The van der Waals surface area contributed by atoms with E-state index in [9.17, 15) is 13.9 Å². The van der Waals surface area contributed by atoms with Crippen molar-refractivity contribution in [3.05, 3.63) is 63.5 Å². The summed E-state index contributed by atoms with van der Waals surface area (Å²) in [5.41, 5.74) is 4.57. The number of aliphatic hydroxyl groups excluding tert-OH is 1. The van der Waals surface area contributed by atoms with Crippen LogP contribution in [0.25, 0.3) is 0 Å². The van der Waals surface area contributed by atoms with E-state index in [-0.39, 0.29) is 22.8 Å². The Kier molecular flexibility index (Phi) is 6.99. The first kappa shape index (κ1) is 25.8. The molecule has 2 atom stereocenters. The van der Waals surface area contributed by atoms with Gasteiger partial charge in [-0.2, -0.15) is 0 Å². The quantitative estimate of drug-likeness (QED) is 0.445. The maximum Gasteiger partial charge on any atom is 0.270 e. The van der Waals surface area contributed by atoms with Gasteiger partial charge >= 0.3 is 0 Å². The maximum absolute atomic E-state index is 16.8.